The number of carbonyl (C=O) groups excluding carboxylic acids is 3. The molecule has 24 heavy (non-hydrogen) atoms. The van der Waals surface area contributed by atoms with Gasteiger partial charge in [0.1, 0.15) is 13.1 Å². The normalized spacial score (nSPS) is 16.0. The molecule has 1 heterocycles. The Balaban J connectivity index is 1.85. The summed E-state index contributed by atoms with van der Waals surface area (Å²) in [5.41, 5.74) is 8.23. The molecule has 0 radical (unpaired) electrons. The van der Waals surface area contributed by atoms with Crippen LogP contribution >= 0.6 is 0 Å². The number of rotatable bonds is 6. The zero-order valence-corrected chi connectivity index (χ0v) is 14.3. The van der Waals surface area contributed by atoms with Crippen LogP contribution < -0.4 is 11.1 Å². The lowest BCUT2D eigenvalue weighted by atomic mass is 9.99. The van der Waals surface area contributed by atoms with Gasteiger partial charge in [0.2, 0.25) is 5.91 Å². The average molecular weight is 332 g/mol. The van der Waals surface area contributed by atoms with Gasteiger partial charge in [-0.3, -0.25) is 14.5 Å². The molecule has 7 heteroatoms. The van der Waals surface area contributed by atoms with Crippen molar-refractivity contribution in [3.63, 3.8) is 0 Å². The summed E-state index contributed by atoms with van der Waals surface area (Å²) in [5, 5.41) is 2.67. The van der Waals surface area contributed by atoms with E-state index < -0.39 is 11.9 Å². The molecule has 0 saturated carbocycles. The van der Waals surface area contributed by atoms with E-state index in [1.165, 1.54) is 17.5 Å². The third-order valence-corrected chi connectivity index (χ3v) is 4.08. The molecule has 1 unspecified atom stereocenters. The smallest absolute Gasteiger partial charge is 0.327 e. The summed E-state index contributed by atoms with van der Waals surface area (Å²) in [4.78, 5) is 37.5. The van der Waals surface area contributed by atoms with Gasteiger partial charge in [-0.15, -0.1) is 0 Å². The molecule has 1 aliphatic rings. The van der Waals surface area contributed by atoms with Crippen molar-refractivity contribution in [2.75, 3.05) is 26.7 Å². The number of hydrogen-bond donors (Lipinski definition) is 2. The Bertz CT molecular complexity index is 627. The lowest BCUT2D eigenvalue weighted by molar-refractivity contribution is -0.130. The maximum absolute atomic E-state index is 11.9. The highest BCUT2D eigenvalue weighted by Gasteiger charge is 2.34. The van der Waals surface area contributed by atoms with Gasteiger partial charge in [0.15, 0.2) is 0 Å². The largest absolute Gasteiger partial charge is 0.353 e. The van der Waals surface area contributed by atoms with Crippen LogP contribution in [0.25, 0.3) is 0 Å². The van der Waals surface area contributed by atoms with Gasteiger partial charge in [0, 0.05) is 19.6 Å². The van der Waals surface area contributed by atoms with Crippen molar-refractivity contribution in [1.82, 2.24) is 15.1 Å². The lowest BCUT2D eigenvalue weighted by Crippen LogP contribution is -2.42. The summed E-state index contributed by atoms with van der Waals surface area (Å²) in [6.07, 6.45) is 0. The van der Waals surface area contributed by atoms with Crippen molar-refractivity contribution in [1.29, 1.82) is 0 Å². The molecule has 130 valence electrons. The van der Waals surface area contributed by atoms with Crippen molar-refractivity contribution >= 4 is 17.8 Å². The number of urea groups is 1. The fourth-order valence-electron chi connectivity index (χ4n) is 2.49. The van der Waals surface area contributed by atoms with Gasteiger partial charge in [-0.25, -0.2) is 4.79 Å². The van der Waals surface area contributed by atoms with Gasteiger partial charge in [-0.05, 0) is 17.0 Å². The van der Waals surface area contributed by atoms with E-state index in [-0.39, 0.29) is 31.6 Å². The van der Waals surface area contributed by atoms with Crippen LogP contribution in [0.15, 0.2) is 24.3 Å². The van der Waals surface area contributed by atoms with Crippen molar-refractivity contribution in [2.45, 2.75) is 25.8 Å². The highest BCUT2D eigenvalue weighted by molar-refractivity contribution is 6.04. The van der Waals surface area contributed by atoms with E-state index in [1.807, 2.05) is 24.3 Å². The Labute approximate surface area is 141 Å². The Morgan fingerprint density at radius 2 is 1.79 bits per heavy atom. The van der Waals surface area contributed by atoms with Gasteiger partial charge in [-0.2, -0.15) is 0 Å². The Kier molecular flexibility index (Phi) is 5.56. The van der Waals surface area contributed by atoms with Crippen molar-refractivity contribution in [2.24, 2.45) is 5.73 Å². The van der Waals surface area contributed by atoms with E-state index in [4.69, 9.17) is 5.73 Å². The Morgan fingerprint density at radius 3 is 2.29 bits per heavy atom. The SMILES string of the molecule is CC(C)c1ccc(C(N)CNC(=O)CN2C(=O)CN(C)C2=O)cc1. The molecule has 0 aliphatic carbocycles. The lowest BCUT2D eigenvalue weighted by Gasteiger charge is -2.17. The van der Waals surface area contributed by atoms with Gasteiger partial charge in [0.05, 0.1) is 0 Å². The van der Waals surface area contributed by atoms with Crippen LogP contribution in [-0.2, 0) is 9.59 Å². The third kappa shape index (κ3) is 4.11. The van der Waals surface area contributed by atoms with Gasteiger partial charge < -0.3 is 16.0 Å². The van der Waals surface area contributed by atoms with E-state index in [1.54, 1.807) is 0 Å². The highest BCUT2D eigenvalue weighted by atomic mass is 16.2. The molecule has 0 spiro atoms. The number of amides is 4. The molecule has 0 aromatic heterocycles. The molecule has 4 amide bonds. The minimum atomic E-state index is -0.455. The van der Waals surface area contributed by atoms with Crippen LogP contribution in [0.1, 0.15) is 36.9 Å². The summed E-state index contributed by atoms with van der Waals surface area (Å²) in [5.74, 6) is -0.323. The highest BCUT2D eigenvalue weighted by Crippen LogP contribution is 2.17. The molecule has 0 bridgehead atoms. The molecular formula is C17H24N4O3. The van der Waals surface area contributed by atoms with Crippen LogP contribution in [-0.4, -0.2) is 54.3 Å². The molecular weight excluding hydrogens is 308 g/mol. The van der Waals surface area contributed by atoms with Crippen LogP contribution in [0.2, 0.25) is 0 Å². The number of imide groups is 1. The number of nitrogens with one attached hydrogen (secondary N) is 1. The summed E-state index contributed by atoms with van der Waals surface area (Å²) in [6, 6.07) is 7.16. The van der Waals surface area contributed by atoms with Gasteiger partial charge in [0.25, 0.3) is 5.91 Å². The first-order chi connectivity index (χ1) is 11.3. The summed E-state index contributed by atoms with van der Waals surface area (Å²) >= 11 is 0. The fraction of sp³-hybridized carbons (Fsp3) is 0.471. The summed E-state index contributed by atoms with van der Waals surface area (Å²) < 4.78 is 0. The number of hydrogen-bond acceptors (Lipinski definition) is 4. The monoisotopic (exact) mass is 332 g/mol. The Hall–Kier alpha value is -2.41. The predicted octanol–water partition coefficient (Wildman–Crippen LogP) is 0.820. The number of likely N-dealkylation sites (N-methyl/N-ethyl adjacent to an activating group) is 1. The van der Waals surface area contributed by atoms with Crippen molar-refractivity contribution in [3.05, 3.63) is 35.4 Å². The maximum atomic E-state index is 11.9. The van der Waals surface area contributed by atoms with E-state index in [0.717, 1.165) is 10.5 Å². The second-order valence-electron chi connectivity index (χ2n) is 6.35. The topological polar surface area (TPSA) is 95.7 Å². The van der Waals surface area contributed by atoms with E-state index in [0.29, 0.717) is 5.92 Å². The third-order valence-electron chi connectivity index (χ3n) is 4.08. The zero-order chi connectivity index (χ0) is 17.9. The van der Waals surface area contributed by atoms with Crippen LogP contribution in [0.3, 0.4) is 0 Å². The van der Waals surface area contributed by atoms with Crippen LogP contribution in [0.5, 0.6) is 0 Å². The number of carbonyl (C=O) groups is 3. The molecule has 1 atom stereocenters. The Morgan fingerprint density at radius 1 is 1.21 bits per heavy atom. The summed E-state index contributed by atoms with van der Waals surface area (Å²) in [7, 11) is 1.52. The molecule has 3 N–H and O–H groups in total. The molecule has 1 fully saturated rings. The van der Waals surface area contributed by atoms with E-state index >= 15 is 0 Å². The van der Waals surface area contributed by atoms with E-state index in [9.17, 15) is 14.4 Å². The standard InChI is InChI=1S/C17H24N4O3/c1-11(2)12-4-6-13(7-5-12)14(18)8-19-15(22)9-21-16(23)10-20(3)17(21)24/h4-7,11,14H,8-10,18H2,1-3H3,(H,19,22). The van der Waals surface area contributed by atoms with Crippen molar-refractivity contribution in [3.8, 4) is 0 Å². The second-order valence-corrected chi connectivity index (χ2v) is 6.35. The first kappa shape index (κ1) is 17.9. The number of nitrogens with two attached hydrogens (primary N) is 1. The minimum absolute atomic E-state index is 0.00777. The number of benzene rings is 1. The molecule has 1 aliphatic heterocycles. The number of nitrogens with zero attached hydrogens (tertiary/aromatic N) is 2. The molecule has 1 aromatic carbocycles. The summed E-state index contributed by atoms with van der Waals surface area (Å²) in [6.45, 7) is 4.21. The van der Waals surface area contributed by atoms with Crippen LogP contribution in [0, 0.1) is 0 Å². The molecule has 7 nitrogen and oxygen atoms in total. The molecule has 1 saturated heterocycles. The molecule has 2 rings (SSSR count). The zero-order valence-electron chi connectivity index (χ0n) is 14.3. The second kappa shape index (κ2) is 7.44. The first-order valence-electron chi connectivity index (χ1n) is 7.97. The minimum Gasteiger partial charge on any atom is -0.353 e. The van der Waals surface area contributed by atoms with Gasteiger partial charge in [-0.1, -0.05) is 38.1 Å². The quantitative estimate of drug-likeness (QED) is 0.754. The van der Waals surface area contributed by atoms with E-state index in [2.05, 4.69) is 19.2 Å². The predicted molar refractivity (Wildman–Crippen MR) is 90.2 cm³/mol. The molecule has 1 aromatic rings. The average Bonchev–Trinajstić information content (AvgIpc) is 2.79. The fourth-order valence-corrected chi connectivity index (χ4v) is 2.49. The first-order valence-corrected chi connectivity index (χ1v) is 7.97. The maximum Gasteiger partial charge on any atom is 0.327 e. The van der Waals surface area contributed by atoms with Gasteiger partial charge >= 0.3 is 6.03 Å². The van der Waals surface area contributed by atoms with Crippen molar-refractivity contribution < 1.29 is 14.4 Å². The van der Waals surface area contributed by atoms with Crippen LogP contribution in [0.4, 0.5) is 4.79 Å².